The van der Waals surface area contributed by atoms with Gasteiger partial charge in [-0.2, -0.15) is 0 Å². The number of hydrogen-bond donors (Lipinski definition) is 2. The second-order valence-electron chi connectivity index (χ2n) is 8.93. The number of aliphatic carboxylic acids is 2. The highest BCUT2D eigenvalue weighted by Gasteiger charge is 2.28. The number of likely N-dealkylation sites (tertiary alicyclic amines) is 1. The van der Waals surface area contributed by atoms with Gasteiger partial charge in [-0.15, -0.1) is 0 Å². The van der Waals surface area contributed by atoms with Gasteiger partial charge in [-0.3, -0.25) is 9.69 Å². The third-order valence-electron chi connectivity index (χ3n) is 6.27. The molecule has 2 N–H and O–H groups in total. The topological polar surface area (TPSA) is 98.2 Å². The number of carbonyl (C=O) groups is 3. The molecule has 1 aliphatic heterocycles. The van der Waals surface area contributed by atoms with Gasteiger partial charge in [0.2, 0.25) is 5.91 Å². The first-order chi connectivity index (χ1) is 16.8. The largest absolute Gasteiger partial charge is 0.473 e. The SMILES string of the molecule is CCCCN(Cc1ccccc1)C(=O)C1CCN(Cc2ccc(CC)cc2)CC1.O=C(O)C(=O)O. The molecule has 2 aromatic rings. The Hall–Kier alpha value is -3.19. The number of carboxylic acid groups (broad SMARTS) is 2. The van der Waals surface area contributed by atoms with E-state index >= 15 is 0 Å². The fourth-order valence-corrected chi connectivity index (χ4v) is 4.15. The number of amides is 1. The molecule has 0 atom stereocenters. The Morgan fingerprint density at radius 3 is 1.94 bits per heavy atom. The van der Waals surface area contributed by atoms with Gasteiger partial charge in [0.05, 0.1) is 0 Å². The van der Waals surface area contributed by atoms with E-state index in [2.05, 4.69) is 72.2 Å². The van der Waals surface area contributed by atoms with Crippen molar-refractivity contribution in [1.29, 1.82) is 0 Å². The van der Waals surface area contributed by atoms with Gasteiger partial charge in [-0.1, -0.05) is 74.9 Å². The second-order valence-corrected chi connectivity index (χ2v) is 8.93. The average molecular weight is 483 g/mol. The van der Waals surface area contributed by atoms with E-state index in [9.17, 15) is 4.79 Å². The summed E-state index contributed by atoms with van der Waals surface area (Å²) in [6.07, 6.45) is 5.23. The number of carboxylic acids is 2. The zero-order chi connectivity index (χ0) is 25.6. The first kappa shape index (κ1) is 28.1. The number of unbranched alkanes of at least 4 members (excludes halogenated alkanes) is 1. The highest BCUT2D eigenvalue weighted by atomic mass is 16.4. The van der Waals surface area contributed by atoms with Crippen molar-refractivity contribution in [2.45, 2.75) is 59.0 Å². The molecule has 190 valence electrons. The van der Waals surface area contributed by atoms with E-state index < -0.39 is 11.9 Å². The zero-order valence-corrected chi connectivity index (χ0v) is 20.9. The molecule has 1 aliphatic rings. The Morgan fingerprint density at radius 1 is 0.857 bits per heavy atom. The molecule has 3 rings (SSSR count). The van der Waals surface area contributed by atoms with Crippen molar-refractivity contribution in [1.82, 2.24) is 9.80 Å². The van der Waals surface area contributed by atoms with E-state index in [1.165, 1.54) is 16.7 Å². The third-order valence-corrected chi connectivity index (χ3v) is 6.27. The van der Waals surface area contributed by atoms with E-state index in [0.717, 1.165) is 64.8 Å². The molecule has 35 heavy (non-hydrogen) atoms. The number of hydrogen-bond acceptors (Lipinski definition) is 4. The first-order valence-corrected chi connectivity index (χ1v) is 12.4. The molecule has 1 heterocycles. The molecule has 0 aromatic heterocycles. The van der Waals surface area contributed by atoms with Crippen LogP contribution in [0.2, 0.25) is 0 Å². The summed E-state index contributed by atoms with van der Waals surface area (Å²) in [5.41, 5.74) is 3.99. The van der Waals surface area contributed by atoms with Gasteiger partial charge >= 0.3 is 11.9 Å². The maximum atomic E-state index is 13.3. The molecule has 0 saturated carbocycles. The maximum Gasteiger partial charge on any atom is 0.414 e. The predicted octanol–water partition coefficient (Wildman–Crippen LogP) is 4.45. The van der Waals surface area contributed by atoms with Crippen LogP contribution in [0.25, 0.3) is 0 Å². The molecule has 1 saturated heterocycles. The van der Waals surface area contributed by atoms with Gasteiger partial charge in [0.15, 0.2) is 0 Å². The number of carbonyl (C=O) groups excluding carboxylic acids is 1. The molecular formula is C28H38N2O5. The van der Waals surface area contributed by atoms with E-state index in [-0.39, 0.29) is 5.92 Å². The summed E-state index contributed by atoms with van der Waals surface area (Å²) in [6.45, 7) is 9.01. The molecule has 1 fully saturated rings. The Morgan fingerprint density at radius 2 is 1.43 bits per heavy atom. The summed E-state index contributed by atoms with van der Waals surface area (Å²) in [6, 6.07) is 19.4. The van der Waals surface area contributed by atoms with Crippen LogP contribution in [0.1, 0.15) is 56.2 Å². The van der Waals surface area contributed by atoms with E-state index in [1.807, 2.05) is 6.07 Å². The van der Waals surface area contributed by atoms with Gasteiger partial charge in [-0.05, 0) is 55.5 Å². The van der Waals surface area contributed by atoms with Crippen molar-refractivity contribution in [3.05, 3.63) is 71.3 Å². The lowest BCUT2D eigenvalue weighted by Crippen LogP contribution is -2.42. The van der Waals surface area contributed by atoms with Crippen LogP contribution in [-0.4, -0.2) is 57.5 Å². The van der Waals surface area contributed by atoms with Crippen LogP contribution in [0.3, 0.4) is 0 Å². The van der Waals surface area contributed by atoms with E-state index in [1.54, 1.807) is 0 Å². The summed E-state index contributed by atoms with van der Waals surface area (Å²) < 4.78 is 0. The standard InChI is InChI=1S/C26H36N2O.C2H2O4/c1-3-5-17-28(21-23-9-7-6-8-10-23)26(29)25-15-18-27(19-16-25)20-24-13-11-22(4-2)12-14-24;3-1(4)2(5)6/h6-14,25H,3-5,15-21H2,1-2H3;(H,3,4)(H,5,6). The van der Waals surface area contributed by atoms with Crippen LogP contribution in [-0.2, 0) is 33.9 Å². The van der Waals surface area contributed by atoms with Crippen LogP contribution in [0.15, 0.2) is 54.6 Å². The van der Waals surface area contributed by atoms with Crippen molar-refractivity contribution >= 4 is 17.8 Å². The summed E-state index contributed by atoms with van der Waals surface area (Å²) >= 11 is 0. The number of nitrogens with zero attached hydrogens (tertiary/aromatic N) is 2. The minimum Gasteiger partial charge on any atom is -0.473 e. The highest BCUT2D eigenvalue weighted by Crippen LogP contribution is 2.23. The van der Waals surface area contributed by atoms with E-state index in [4.69, 9.17) is 19.8 Å². The molecule has 0 bridgehead atoms. The average Bonchev–Trinajstić information content (AvgIpc) is 2.88. The van der Waals surface area contributed by atoms with Gasteiger partial charge in [0.25, 0.3) is 0 Å². The lowest BCUT2D eigenvalue weighted by atomic mass is 9.94. The number of benzene rings is 2. The Bertz CT molecular complexity index is 910. The van der Waals surface area contributed by atoms with Gasteiger partial charge in [0.1, 0.15) is 0 Å². The normalized spacial score (nSPS) is 14.0. The Labute approximate surface area is 208 Å². The van der Waals surface area contributed by atoms with Crippen molar-refractivity contribution < 1.29 is 24.6 Å². The molecule has 2 aromatic carbocycles. The van der Waals surface area contributed by atoms with Gasteiger partial charge in [-0.25, -0.2) is 9.59 Å². The van der Waals surface area contributed by atoms with Crippen LogP contribution >= 0.6 is 0 Å². The van der Waals surface area contributed by atoms with Crippen LogP contribution in [0, 0.1) is 5.92 Å². The number of rotatable bonds is 9. The molecule has 0 unspecified atom stereocenters. The summed E-state index contributed by atoms with van der Waals surface area (Å²) in [4.78, 5) is 36.0. The van der Waals surface area contributed by atoms with Crippen LogP contribution in [0.5, 0.6) is 0 Å². The Balaban J connectivity index is 0.000000641. The Kier molecular flexibility index (Phi) is 12.0. The number of aryl methyl sites for hydroxylation is 1. The fourth-order valence-electron chi connectivity index (χ4n) is 4.15. The molecule has 0 radical (unpaired) electrons. The number of piperidine rings is 1. The molecule has 7 heteroatoms. The lowest BCUT2D eigenvalue weighted by molar-refractivity contribution is -0.159. The predicted molar refractivity (Wildman–Crippen MR) is 136 cm³/mol. The minimum absolute atomic E-state index is 0.175. The van der Waals surface area contributed by atoms with Gasteiger partial charge in [0, 0.05) is 25.6 Å². The van der Waals surface area contributed by atoms with Crippen LogP contribution in [0.4, 0.5) is 0 Å². The summed E-state index contributed by atoms with van der Waals surface area (Å²) in [5.74, 6) is -3.12. The fraction of sp³-hybridized carbons (Fsp3) is 0.464. The monoisotopic (exact) mass is 482 g/mol. The molecular weight excluding hydrogens is 444 g/mol. The quantitative estimate of drug-likeness (QED) is 0.513. The summed E-state index contributed by atoms with van der Waals surface area (Å²) in [7, 11) is 0. The van der Waals surface area contributed by atoms with Crippen molar-refractivity contribution in [3.63, 3.8) is 0 Å². The first-order valence-electron chi connectivity index (χ1n) is 12.4. The molecule has 0 spiro atoms. The highest BCUT2D eigenvalue weighted by molar-refractivity contribution is 6.27. The lowest BCUT2D eigenvalue weighted by Gasteiger charge is -2.34. The van der Waals surface area contributed by atoms with Crippen molar-refractivity contribution in [2.75, 3.05) is 19.6 Å². The summed E-state index contributed by atoms with van der Waals surface area (Å²) in [5, 5.41) is 14.8. The van der Waals surface area contributed by atoms with Crippen molar-refractivity contribution in [2.24, 2.45) is 5.92 Å². The van der Waals surface area contributed by atoms with Crippen molar-refractivity contribution in [3.8, 4) is 0 Å². The minimum atomic E-state index is -1.82. The third kappa shape index (κ3) is 9.91. The molecule has 7 nitrogen and oxygen atoms in total. The van der Waals surface area contributed by atoms with Crippen LogP contribution < -0.4 is 0 Å². The maximum absolute atomic E-state index is 13.3. The molecule has 1 amide bonds. The second kappa shape index (κ2) is 14.9. The van der Waals surface area contributed by atoms with E-state index in [0.29, 0.717) is 5.91 Å². The van der Waals surface area contributed by atoms with Gasteiger partial charge < -0.3 is 15.1 Å². The smallest absolute Gasteiger partial charge is 0.414 e. The zero-order valence-electron chi connectivity index (χ0n) is 20.9. The molecule has 0 aliphatic carbocycles.